The molecule has 0 radical (unpaired) electrons. The van der Waals surface area contributed by atoms with Crippen molar-refractivity contribution in [1.82, 2.24) is 0 Å². The van der Waals surface area contributed by atoms with Crippen LogP contribution < -0.4 is 0 Å². The lowest BCUT2D eigenvalue weighted by Crippen LogP contribution is -2.03. The van der Waals surface area contributed by atoms with E-state index in [1.165, 1.54) is 34.6 Å². The Hall–Kier alpha value is -3.32. The Morgan fingerprint density at radius 2 is 0.667 bits per heavy atom. The zero-order valence-corrected chi connectivity index (χ0v) is 19.7. The molecule has 33 heavy (non-hydrogen) atoms. The summed E-state index contributed by atoms with van der Waals surface area (Å²) in [7, 11) is 0. The summed E-state index contributed by atoms with van der Waals surface area (Å²) in [6.07, 6.45) is -0.560. The summed E-state index contributed by atoms with van der Waals surface area (Å²) in [4.78, 5) is 38.4. The summed E-state index contributed by atoms with van der Waals surface area (Å²) in [5, 5.41) is 62.8. The molecule has 8 N–H and O–H groups in total. The van der Waals surface area contributed by atoms with Crippen LogP contribution in [0.15, 0.2) is 48.6 Å². The van der Waals surface area contributed by atoms with Gasteiger partial charge in [-0.3, -0.25) is 0 Å². The highest BCUT2D eigenvalue weighted by molar-refractivity contribution is 5.85. The number of rotatable bonds is 6. The molecule has 0 aliphatic rings. The van der Waals surface area contributed by atoms with Gasteiger partial charge >= 0.3 is 23.9 Å². The summed E-state index contributed by atoms with van der Waals surface area (Å²) >= 11 is 0. The Labute approximate surface area is 193 Å². The minimum Gasteiger partial charge on any atom is -0.478 e. The van der Waals surface area contributed by atoms with Gasteiger partial charge in [-0.05, 0) is 34.6 Å². The van der Waals surface area contributed by atoms with Crippen LogP contribution in [0.1, 0.15) is 34.6 Å². The van der Waals surface area contributed by atoms with E-state index in [1.54, 1.807) is 0 Å². The number of carbonyl (C=O) groups is 4. The van der Waals surface area contributed by atoms with Gasteiger partial charge in [0.15, 0.2) is 0 Å². The van der Waals surface area contributed by atoms with Gasteiger partial charge in [-0.1, -0.05) is 26.3 Å². The average Bonchev–Trinajstić information content (AvgIpc) is 2.69. The van der Waals surface area contributed by atoms with Crippen molar-refractivity contribution in [2.75, 3.05) is 19.8 Å². The minimum absolute atomic E-state index is 0.125. The predicted molar refractivity (Wildman–Crippen MR) is 123 cm³/mol. The van der Waals surface area contributed by atoms with E-state index in [9.17, 15) is 19.2 Å². The van der Waals surface area contributed by atoms with Crippen LogP contribution in [0.25, 0.3) is 0 Å². The van der Waals surface area contributed by atoms with Gasteiger partial charge in [-0.2, -0.15) is 0 Å². The number of aliphatic hydroxyl groups excluding tert-OH is 4. The number of aliphatic hydroxyl groups is 4. The summed E-state index contributed by atoms with van der Waals surface area (Å²) in [5.41, 5.74) is 0.704. The molecule has 0 aromatic carbocycles. The van der Waals surface area contributed by atoms with Gasteiger partial charge in [-0.25, -0.2) is 19.2 Å². The van der Waals surface area contributed by atoms with E-state index in [1.807, 2.05) is 0 Å². The Morgan fingerprint density at radius 1 is 0.576 bits per heavy atom. The second-order valence-electron chi connectivity index (χ2n) is 5.82. The Balaban J connectivity index is -0.0000000666. The molecule has 0 saturated carbocycles. The second-order valence-corrected chi connectivity index (χ2v) is 5.82. The van der Waals surface area contributed by atoms with E-state index in [-0.39, 0.29) is 42.1 Å². The third-order valence-corrected chi connectivity index (χ3v) is 1.82. The van der Waals surface area contributed by atoms with Gasteiger partial charge in [0.1, 0.15) is 0 Å². The third-order valence-electron chi connectivity index (χ3n) is 1.82. The second kappa shape index (κ2) is 30.9. The number of carboxylic acid groups (broad SMARTS) is 4. The fourth-order valence-corrected chi connectivity index (χ4v) is 0. The molecule has 0 rings (SSSR count). The van der Waals surface area contributed by atoms with Crippen molar-refractivity contribution < 1.29 is 60.0 Å². The van der Waals surface area contributed by atoms with Gasteiger partial charge in [-0.15, -0.1) is 0 Å². The first kappa shape index (κ1) is 43.5. The van der Waals surface area contributed by atoms with Crippen LogP contribution in [0.5, 0.6) is 0 Å². The topological polar surface area (TPSA) is 230 Å². The molecule has 1 atom stereocenters. The van der Waals surface area contributed by atoms with Crippen molar-refractivity contribution in [2.24, 2.45) is 0 Å². The predicted octanol–water partition coefficient (Wildman–Crippen LogP) is 0.919. The molecule has 1 unspecified atom stereocenters. The molecule has 12 nitrogen and oxygen atoms in total. The van der Waals surface area contributed by atoms with Gasteiger partial charge < -0.3 is 40.9 Å². The summed E-state index contributed by atoms with van der Waals surface area (Å²) in [6.45, 7) is 19.5. The first-order valence-corrected chi connectivity index (χ1v) is 8.82. The van der Waals surface area contributed by atoms with Crippen molar-refractivity contribution in [1.29, 1.82) is 0 Å². The zero-order valence-electron chi connectivity index (χ0n) is 19.7. The van der Waals surface area contributed by atoms with Crippen molar-refractivity contribution in [3.05, 3.63) is 48.6 Å². The van der Waals surface area contributed by atoms with Crippen LogP contribution in [0.3, 0.4) is 0 Å². The molecule has 0 saturated heterocycles. The van der Waals surface area contributed by atoms with Crippen LogP contribution in [-0.2, 0) is 19.2 Å². The monoisotopic (exact) mass is 482 g/mol. The van der Waals surface area contributed by atoms with Gasteiger partial charge in [0.2, 0.25) is 0 Å². The summed E-state index contributed by atoms with van der Waals surface area (Å²) in [5.74, 6) is -3.74. The lowest BCUT2D eigenvalue weighted by Gasteiger charge is -1.90. The van der Waals surface area contributed by atoms with E-state index >= 15 is 0 Å². The van der Waals surface area contributed by atoms with Crippen molar-refractivity contribution >= 4 is 23.9 Å². The fourth-order valence-electron chi connectivity index (χ4n) is 0. The molecule has 12 heteroatoms. The van der Waals surface area contributed by atoms with Crippen LogP contribution in [0.4, 0.5) is 0 Å². The van der Waals surface area contributed by atoms with E-state index < -0.39 is 30.0 Å². The molecule has 0 aliphatic carbocycles. The SMILES string of the molecule is C=C(C)C(=O)O.C=C(C)C(=O)O.C=C(C)C(=O)O.C=C(C)C(=O)O.CC(O)CO.OCCO. The normalized spacial score (nSPS) is 8.64. The molecule has 0 aromatic rings. The fraction of sp³-hybridized carbons (Fsp3) is 0.429. The lowest BCUT2D eigenvalue weighted by atomic mass is 10.4. The molecular weight excluding hydrogens is 444 g/mol. The van der Waals surface area contributed by atoms with Gasteiger partial charge in [0.05, 0.1) is 25.9 Å². The standard InChI is InChI=1S/4C4H6O2.C3H8O2.C2H6O2/c4*1-3(2)4(5)6;1-3(5)2-4;3-1-2-4/h4*1H2,2H3,(H,5,6);3-5H,2H2,1H3;3-4H,1-2H2. The summed E-state index contributed by atoms with van der Waals surface area (Å²) < 4.78 is 0. The molecule has 0 bridgehead atoms. The van der Waals surface area contributed by atoms with Gasteiger partial charge in [0.25, 0.3) is 0 Å². The van der Waals surface area contributed by atoms with E-state index in [4.69, 9.17) is 40.9 Å². The molecule has 0 heterocycles. The molecule has 0 spiro atoms. The first-order valence-electron chi connectivity index (χ1n) is 8.82. The number of aliphatic carboxylic acids is 4. The van der Waals surface area contributed by atoms with Gasteiger partial charge in [0, 0.05) is 22.3 Å². The highest BCUT2D eigenvalue weighted by Gasteiger charge is 1.91. The Kier molecular flexibility index (Phi) is 40.7. The first-order chi connectivity index (χ1) is 14.8. The minimum atomic E-state index is -0.935. The number of carboxylic acids is 4. The quantitative estimate of drug-likeness (QED) is 0.247. The van der Waals surface area contributed by atoms with Crippen LogP contribution in [-0.4, -0.2) is 90.7 Å². The maximum Gasteiger partial charge on any atom is 0.330 e. The Morgan fingerprint density at radius 3 is 0.667 bits per heavy atom. The molecule has 0 aliphatic heterocycles. The van der Waals surface area contributed by atoms with Crippen molar-refractivity contribution in [3.8, 4) is 0 Å². The maximum absolute atomic E-state index is 9.60. The highest BCUT2D eigenvalue weighted by Crippen LogP contribution is 1.82. The molecule has 0 aromatic heterocycles. The van der Waals surface area contributed by atoms with Crippen LogP contribution in [0, 0.1) is 0 Å². The molecule has 194 valence electrons. The smallest absolute Gasteiger partial charge is 0.330 e. The van der Waals surface area contributed by atoms with Crippen molar-refractivity contribution in [2.45, 2.75) is 40.7 Å². The summed E-state index contributed by atoms with van der Waals surface area (Å²) in [6, 6.07) is 0. The lowest BCUT2D eigenvalue weighted by molar-refractivity contribution is -0.133. The van der Waals surface area contributed by atoms with Crippen molar-refractivity contribution in [3.63, 3.8) is 0 Å². The molecule has 0 amide bonds. The van der Waals surface area contributed by atoms with Crippen LogP contribution >= 0.6 is 0 Å². The largest absolute Gasteiger partial charge is 0.478 e. The molecular formula is C21H38O12. The zero-order chi connectivity index (χ0) is 28.3. The van der Waals surface area contributed by atoms with E-state index in [2.05, 4.69) is 26.3 Å². The maximum atomic E-state index is 9.60. The van der Waals surface area contributed by atoms with E-state index in [0.717, 1.165) is 0 Å². The third kappa shape index (κ3) is 83.0. The average molecular weight is 483 g/mol. The Bertz CT molecular complexity index is 473. The molecule has 0 fully saturated rings. The number of hydrogen-bond acceptors (Lipinski definition) is 8. The number of hydrogen-bond donors (Lipinski definition) is 8. The van der Waals surface area contributed by atoms with E-state index in [0.29, 0.717) is 0 Å². The van der Waals surface area contributed by atoms with Crippen LogP contribution in [0.2, 0.25) is 0 Å². The highest BCUT2D eigenvalue weighted by atomic mass is 16.4.